The van der Waals surface area contributed by atoms with Gasteiger partial charge in [0, 0.05) is 50.1 Å². The number of pyridine rings is 1. The van der Waals surface area contributed by atoms with Gasteiger partial charge in [0.05, 0.1) is 11.7 Å². The van der Waals surface area contributed by atoms with Crippen LogP contribution in [0, 0.1) is 23.2 Å². The van der Waals surface area contributed by atoms with E-state index in [0.717, 1.165) is 0 Å². The minimum absolute atomic E-state index is 0.0257. The summed E-state index contributed by atoms with van der Waals surface area (Å²) in [5.74, 6) is -4.47. The molecule has 12 heteroatoms. The van der Waals surface area contributed by atoms with Crippen molar-refractivity contribution in [3.8, 4) is 11.8 Å². The minimum atomic E-state index is -2.80. The summed E-state index contributed by atoms with van der Waals surface area (Å²) in [6, 6.07) is 8.83. The molecule has 1 amide bonds. The zero-order valence-electron chi connectivity index (χ0n) is 20.9. The third kappa shape index (κ3) is 5.02. The maximum atomic E-state index is 14.4. The first kappa shape index (κ1) is 25.8. The Morgan fingerprint density at radius 3 is 2.62 bits per heavy atom. The molecule has 2 atom stereocenters. The van der Waals surface area contributed by atoms with Crippen molar-refractivity contribution >= 4 is 34.3 Å². The fraction of sp³-hybridized carbons (Fsp3) is 0.400. The number of fused-ring (bicyclic) bond motifs is 1. The highest BCUT2D eigenvalue weighted by Crippen LogP contribution is 2.39. The molecule has 1 fully saturated rings. The molecule has 0 saturated carbocycles. The molecule has 1 saturated heterocycles. The lowest BCUT2D eigenvalue weighted by Crippen LogP contribution is -2.52. The Bertz CT molecular complexity index is 1440. The van der Waals surface area contributed by atoms with Gasteiger partial charge in [0.25, 0.3) is 17.4 Å². The molecule has 1 aliphatic heterocycles. The Hall–Kier alpha value is -4.27. The number of alkyl halides is 2. The molecule has 4 rings (SSSR count). The molecule has 2 aromatic heterocycles. The van der Waals surface area contributed by atoms with Crippen LogP contribution in [0.1, 0.15) is 19.4 Å². The second kappa shape index (κ2) is 10.0. The van der Waals surface area contributed by atoms with Gasteiger partial charge in [-0.2, -0.15) is 10.2 Å². The van der Waals surface area contributed by atoms with Gasteiger partial charge in [0.15, 0.2) is 18.2 Å². The summed E-state index contributed by atoms with van der Waals surface area (Å²) in [5.41, 5.74) is 1.04. The van der Waals surface area contributed by atoms with Gasteiger partial charge in [-0.3, -0.25) is 9.59 Å². The normalized spacial score (nSPS) is 18.8. The summed E-state index contributed by atoms with van der Waals surface area (Å²) in [4.78, 5) is 34.5. The van der Waals surface area contributed by atoms with E-state index in [0.29, 0.717) is 22.4 Å². The van der Waals surface area contributed by atoms with E-state index in [9.17, 15) is 23.6 Å². The molecule has 0 aliphatic carbocycles. The number of carbonyl (C=O) groups excluding carboxylic acids is 1. The van der Waals surface area contributed by atoms with Gasteiger partial charge in [-0.15, -0.1) is 0 Å². The van der Waals surface area contributed by atoms with E-state index >= 15 is 0 Å². The highest BCUT2D eigenvalue weighted by atomic mass is 19.3. The van der Waals surface area contributed by atoms with Gasteiger partial charge >= 0.3 is 0 Å². The van der Waals surface area contributed by atoms with Crippen molar-refractivity contribution in [1.29, 1.82) is 5.26 Å². The number of benzene rings is 1. The number of aryl methyl sites for hydroxylation is 1. The highest BCUT2D eigenvalue weighted by Gasteiger charge is 2.47. The number of nitrogens with one attached hydrogen (secondary N) is 2. The van der Waals surface area contributed by atoms with Crippen LogP contribution < -0.4 is 25.8 Å². The number of piperidine rings is 1. The maximum absolute atomic E-state index is 14.4. The number of halogens is 2. The summed E-state index contributed by atoms with van der Waals surface area (Å²) in [6.07, 6.45) is 1.36. The van der Waals surface area contributed by atoms with Crippen LogP contribution in [0.25, 0.3) is 10.9 Å². The average Bonchev–Trinajstić information content (AvgIpc) is 2.88. The zero-order chi connectivity index (χ0) is 26.9. The number of hydrogen-bond acceptors (Lipinski definition) is 8. The number of carbonyl (C=O) groups is 1. The maximum Gasteiger partial charge on any atom is 0.293 e. The number of aromatic nitrogens is 3. The van der Waals surface area contributed by atoms with Crippen molar-refractivity contribution in [3.05, 3.63) is 46.4 Å². The van der Waals surface area contributed by atoms with Gasteiger partial charge in [0.2, 0.25) is 5.95 Å². The molecule has 0 unspecified atom stereocenters. The zero-order valence-corrected chi connectivity index (χ0v) is 20.9. The van der Waals surface area contributed by atoms with Crippen LogP contribution in [0.5, 0.6) is 5.75 Å². The molecule has 194 valence electrons. The number of nitrogens with zero attached hydrogens (tertiary/aromatic N) is 5. The molecule has 2 N–H and O–H groups in total. The molecule has 0 radical (unpaired) electrons. The molecule has 3 aromatic rings. The lowest BCUT2D eigenvalue weighted by molar-refractivity contribution is -0.122. The number of likely N-dealkylation sites (N-methyl/N-ethyl adjacent to an activating group) is 1. The van der Waals surface area contributed by atoms with E-state index in [1.165, 1.54) is 31.7 Å². The van der Waals surface area contributed by atoms with Crippen LogP contribution >= 0.6 is 0 Å². The predicted octanol–water partition coefficient (Wildman–Crippen LogP) is 2.80. The van der Waals surface area contributed by atoms with Crippen LogP contribution in [0.15, 0.2) is 35.3 Å². The summed E-state index contributed by atoms with van der Waals surface area (Å²) in [6.45, 7) is 2.81. The Labute approximate surface area is 211 Å². The SMILES string of the molecule is CNC(=O)COc1cc2cc(Nc3ncc(C#N)c(N4C[C@@H](C)C(F)(F)[C@@H](C)C4)n3)ccc2n(C)c1=O. The van der Waals surface area contributed by atoms with Crippen molar-refractivity contribution in [2.45, 2.75) is 19.8 Å². The predicted molar refractivity (Wildman–Crippen MR) is 134 cm³/mol. The smallest absolute Gasteiger partial charge is 0.293 e. The van der Waals surface area contributed by atoms with Gasteiger partial charge < -0.3 is 24.8 Å². The molecule has 1 aliphatic rings. The number of nitriles is 1. The molecule has 3 heterocycles. The van der Waals surface area contributed by atoms with Crippen LogP contribution in [0.2, 0.25) is 0 Å². The first-order valence-electron chi connectivity index (χ1n) is 11.7. The van der Waals surface area contributed by atoms with Crippen molar-refractivity contribution < 1.29 is 18.3 Å². The lowest BCUT2D eigenvalue weighted by atomic mass is 9.87. The van der Waals surface area contributed by atoms with Crippen LogP contribution in [0.3, 0.4) is 0 Å². The fourth-order valence-electron chi connectivity index (χ4n) is 4.37. The molecule has 0 bridgehead atoms. The number of amides is 1. The summed E-state index contributed by atoms with van der Waals surface area (Å²) in [5, 5.41) is 15.7. The minimum Gasteiger partial charge on any atom is -0.478 e. The molecule has 37 heavy (non-hydrogen) atoms. The van der Waals surface area contributed by atoms with Crippen molar-refractivity contribution in [2.24, 2.45) is 18.9 Å². The summed E-state index contributed by atoms with van der Waals surface area (Å²) < 4.78 is 35.5. The standard InChI is InChI=1S/C25H27F2N7O3/c1-14-11-34(12-15(2)25(14,26)27)22-17(9-28)10-30-24(32-22)31-18-5-6-19-16(7-18)8-20(23(36)33(19)4)37-13-21(35)29-3/h5-8,10,14-15H,11-13H2,1-4H3,(H,29,35)(H,30,31,32)/t14-,15+. The fourth-order valence-corrected chi connectivity index (χ4v) is 4.37. The van der Waals surface area contributed by atoms with Crippen LogP contribution in [-0.4, -0.2) is 53.1 Å². The second-order valence-corrected chi connectivity index (χ2v) is 9.16. The summed E-state index contributed by atoms with van der Waals surface area (Å²) in [7, 11) is 3.07. The first-order chi connectivity index (χ1) is 17.5. The molecular formula is C25H27F2N7O3. The Morgan fingerprint density at radius 2 is 1.97 bits per heavy atom. The molecule has 10 nitrogen and oxygen atoms in total. The largest absolute Gasteiger partial charge is 0.478 e. The average molecular weight is 512 g/mol. The number of rotatable bonds is 6. The van der Waals surface area contributed by atoms with Crippen LogP contribution in [-0.2, 0) is 11.8 Å². The Kier molecular flexibility index (Phi) is 6.98. The first-order valence-corrected chi connectivity index (χ1v) is 11.7. The van der Waals surface area contributed by atoms with Crippen molar-refractivity contribution in [2.75, 3.05) is 37.0 Å². The molecular weight excluding hydrogens is 484 g/mol. The molecule has 1 aromatic carbocycles. The lowest BCUT2D eigenvalue weighted by Gasteiger charge is -2.41. The second-order valence-electron chi connectivity index (χ2n) is 9.16. The van der Waals surface area contributed by atoms with Gasteiger partial charge in [-0.05, 0) is 24.3 Å². The van der Waals surface area contributed by atoms with Gasteiger partial charge in [0.1, 0.15) is 11.6 Å². The monoisotopic (exact) mass is 511 g/mol. The molecule has 0 spiro atoms. The topological polar surface area (TPSA) is 125 Å². The van der Waals surface area contributed by atoms with E-state index in [1.807, 2.05) is 6.07 Å². The van der Waals surface area contributed by atoms with Crippen molar-refractivity contribution in [1.82, 2.24) is 19.9 Å². The number of anilines is 3. The van der Waals surface area contributed by atoms with Gasteiger partial charge in [-0.1, -0.05) is 13.8 Å². The van der Waals surface area contributed by atoms with Crippen LogP contribution in [0.4, 0.5) is 26.2 Å². The number of ether oxygens (including phenoxy) is 1. The summed E-state index contributed by atoms with van der Waals surface area (Å²) >= 11 is 0. The third-order valence-electron chi connectivity index (χ3n) is 6.58. The van der Waals surface area contributed by atoms with E-state index in [1.54, 1.807) is 36.2 Å². The highest BCUT2D eigenvalue weighted by molar-refractivity contribution is 5.85. The van der Waals surface area contributed by atoms with E-state index in [4.69, 9.17) is 4.74 Å². The third-order valence-corrected chi connectivity index (χ3v) is 6.58. The quantitative estimate of drug-likeness (QED) is 0.518. The Balaban J connectivity index is 1.64. The number of hydrogen-bond donors (Lipinski definition) is 2. The van der Waals surface area contributed by atoms with E-state index < -0.39 is 17.8 Å². The van der Waals surface area contributed by atoms with Crippen molar-refractivity contribution in [3.63, 3.8) is 0 Å². The van der Waals surface area contributed by atoms with E-state index in [2.05, 4.69) is 20.6 Å². The Morgan fingerprint density at radius 1 is 1.27 bits per heavy atom. The van der Waals surface area contributed by atoms with E-state index in [-0.39, 0.29) is 48.4 Å². The van der Waals surface area contributed by atoms with Gasteiger partial charge in [-0.25, -0.2) is 13.8 Å².